The van der Waals surface area contributed by atoms with Gasteiger partial charge in [-0.05, 0) is 47.0 Å². The summed E-state index contributed by atoms with van der Waals surface area (Å²) in [7, 11) is 0. The molecule has 0 aromatic heterocycles. The maximum absolute atomic E-state index is 5.91. The van der Waals surface area contributed by atoms with Gasteiger partial charge in [-0.1, -0.05) is 84.0 Å². The van der Waals surface area contributed by atoms with E-state index >= 15 is 0 Å². The van der Waals surface area contributed by atoms with E-state index in [2.05, 4.69) is 44.8 Å². The zero-order valence-corrected chi connectivity index (χ0v) is 21.2. The monoisotopic (exact) mass is 422 g/mol. The van der Waals surface area contributed by atoms with Gasteiger partial charge in [0, 0.05) is 29.7 Å². The van der Waals surface area contributed by atoms with Gasteiger partial charge in [0.15, 0.2) is 0 Å². The highest BCUT2D eigenvalue weighted by atomic mass is 16.5. The van der Waals surface area contributed by atoms with Crippen LogP contribution in [0.3, 0.4) is 0 Å². The highest BCUT2D eigenvalue weighted by Gasteiger charge is 2.42. The minimum atomic E-state index is 0.227. The molecule has 0 spiro atoms. The third-order valence-electron chi connectivity index (χ3n) is 7.30. The van der Waals surface area contributed by atoms with Gasteiger partial charge in [0.05, 0.1) is 13.2 Å². The normalized spacial score (nSPS) is 24.9. The van der Waals surface area contributed by atoms with Gasteiger partial charge >= 0.3 is 0 Å². The highest BCUT2D eigenvalue weighted by Crippen LogP contribution is 2.33. The fraction of sp³-hybridized carbons (Fsp3) is 1.00. The number of nitrogens with zero attached hydrogens (tertiary/aromatic N) is 1. The van der Waals surface area contributed by atoms with Crippen molar-refractivity contribution in [3.8, 4) is 0 Å². The first-order chi connectivity index (χ1) is 14.3. The Balaban J connectivity index is 1.60. The summed E-state index contributed by atoms with van der Waals surface area (Å²) in [6.45, 7) is 14.8. The summed E-state index contributed by atoms with van der Waals surface area (Å²) in [5, 5.41) is 3.85. The predicted octanol–water partition coefficient (Wildman–Crippen LogP) is 7.09. The lowest BCUT2D eigenvalue weighted by atomic mass is 9.78. The zero-order valence-electron chi connectivity index (χ0n) is 21.2. The fourth-order valence-electron chi connectivity index (χ4n) is 6.12. The van der Waals surface area contributed by atoms with Gasteiger partial charge in [-0.25, -0.2) is 0 Å². The standard InChI is InChI=1S/C27H54N2O/c1-6-7-8-9-10-11-12-13-14-15-16-17-18-24-23-30-20-19-29(24)25-21-26(2,3)28-27(4,5)22-25/h24-25,28H,6-23H2,1-5H3. The molecule has 2 heterocycles. The largest absolute Gasteiger partial charge is 0.378 e. The summed E-state index contributed by atoms with van der Waals surface area (Å²) < 4.78 is 5.91. The van der Waals surface area contributed by atoms with Crippen molar-refractivity contribution in [3.63, 3.8) is 0 Å². The predicted molar refractivity (Wildman–Crippen MR) is 131 cm³/mol. The number of unbranched alkanes of at least 4 members (excludes halogenated alkanes) is 11. The third-order valence-corrected chi connectivity index (χ3v) is 7.30. The van der Waals surface area contributed by atoms with E-state index < -0.39 is 0 Å². The molecule has 1 atom stereocenters. The first-order valence-corrected chi connectivity index (χ1v) is 13.5. The molecule has 2 rings (SSSR count). The summed E-state index contributed by atoms with van der Waals surface area (Å²) >= 11 is 0. The third kappa shape index (κ3) is 10.0. The molecular formula is C27H54N2O. The van der Waals surface area contributed by atoms with Crippen LogP contribution in [-0.4, -0.2) is 47.8 Å². The SMILES string of the molecule is CCCCCCCCCCCCCCC1COCCN1C1CC(C)(C)NC(C)(C)C1. The van der Waals surface area contributed by atoms with Crippen LogP contribution in [0.25, 0.3) is 0 Å². The first kappa shape index (κ1) is 26.1. The van der Waals surface area contributed by atoms with E-state index in [1.54, 1.807) is 0 Å². The number of hydrogen-bond acceptors (Lipinski definition) is 3. The molecule has 0 amide bonds. The molecule has 2 aliphatic rings. The lowest BCUT2D eigenvalue weighted by Gasteiger charge is -2.52. The molecule has 0 bridgehead atoms. The number of nitrogens with one attached hydrogen (secondary N) is 1. The van der Waals surface area contributed by atoms with E-state index in [0.29, 0.717) is 12.1 Å². The highest BCUT2D eigenvalue weighted by molar-refractivity contribution is 5.01. The average molecular weight is 423 g/mol. The van der Waals surface area contributed by atoms with E-state index in [4.69, 9.17) is 4.74 Å². The van der Waals surface area contributed by atoms with E-state index in [0.717, 1.165) is 19.8 Å². The summed E-state index contributed by atoms with van der Waals surface area (Å²) in [5.74, 6) is 0. The summed E-state index contributed by atoms with van der Waals surface area (Å²) in [4.78, 5) is 2.83. The lowest BCUT2D eigenvalue weighted by Crippen LogP contribution is -2.64. The molecule has 0 aliphatic carbocycles. The van der Waals surface area contributed by atoms with Crippen LogP contribution in [0.2, 0.25) is 0 Å². The minimum absolute atomic E-state index is 0.227. The quantitative estimate of drug-likeness (QED) is 0.302. The van der Waals surface area contributed by atoms with Gasteiger partial charge in [-0.15, -0.1) is 0 Å². The summed E-state index contributed by atoms with van der Waals surface area (Å²) in [6, 6.07) is 1.33. The molecule has 1 N–H and O–H groups in total. The van der Waals surface area contributed by atoms with E-state index in [1.807, 2.05) is 0 Å². The Labute approximate surface area is 189 Å². The Morgan fingerprint density at radius 2 is 1.27 bits per heavy atom. The molecule has 0 aromatic rings. The van der Waals surface area contributed by atoms with Crippen LogP contribution in [0, 0.1) is 0 Å². The van der Waals surface area contributed by atoms with Crippen molar-refractivity contribution in [2.45, 2.75) is 154 Å². The van der Waals surface area contributed by atoms with Gasteiger partial charge in [-0.2, -0.15) is 0 Å². The maximum atomic E-state index is 5.91. The Bertz CT molecular complexity index is 432. The molecule has 0 aromatic carbocycles. The number of ether oxygens (including phenoxy) is 1. The van der Waals surface area contributed by atoms with Crippen LogP contribution in [0.15, 0.2) is 0 Å². The number of hydrogen-bond donors (Lipinski definition) is 1. The van der Waals surface area contributed by atoms with Gasteiger partial charge < -0.3 is 10.1 Å². The Kier molecular flexibility index (Phi) is 11.7. The second-order valence-corrected chi connectivity index (χ2v) is 11.6. The van der Waals surface area contributed by atoms with Crippen LogP contribution in [-0.2, 0) is 4.74 Å². The molecule has 2 aliphatic heterocycles. The van der Waals surface area contributed by atoms with Crippen molar-refractivity contribution in [2.75, 3.05) is 19.8 Å². The number of morpholine rings is 1. The molecule has 0 saturated carbocycles. The summed E-state index contributed by atoms with van der Waals surface area (Å²) in [6.07, 6.45) is 21.0. The zero-order chi connectivity index (χ0) is 21.9. The second kappa shape index (κ2) is 13.4. The van der Waals surface area contributed by atoms with Gasteiger partial charge in [0.25, 0.3) is 0 Å². The van der Waals surface area contributed by atoms with Gasteiger partial charge in [0.2, 0.25) is 0 Å². The molecule has 1 unspecified atom stereocenters. The molecule has 2 saturated heterocycles. The van der Waals surface area contributed by atoms with Crippen molar-refractivity contribution in [1.29, 1.82) is 0 Å². The van der Waals surface area contributed by atoms with Crippen LogP contribution >= 0.6 is 0 Å². The lowest BCUT2D eigenvalue weighted by molar-refractivity contribution is -0.0553. The number of piperidine rings is 1. The fourth-order valence-corrected chi connectivity index (χ4v) is 6.12. The van der Waals surface area contributed by atoms with Crippen molar-refractivity contribution < 1.29 is 4.74 Å². The van der Waals surface area contributed by atoms with E-state index in [1.165, 1.54) is 96.3 Å². The van der Waals surface area contributed by atoms with E-state index in [-0.39, 0.29) is 11.1 Å². The number of rotatable bonds is 14. The molecule has 3 nitrogen and oxygen atoms in total. The Morgan fingerprint density at radius 1 is 0.767 bits per heavy atom. The molecule has 2 fully saturated rings. The Hall–Kier alpha value is -0.120. The smallest absolute Gasteiger partial charge is 0.0622 e. The van der Waals surface area contributed by atoms with Crippen molar-refractivity contribution in [3.05, 3.63) is 0 Å². The van der Waals surface area contributed by atoms with Gasteiger partial charge in [-0.3, -0.25) is 4.90 Å². The van der Waals surface area contributed by atoms with Crippen molar-refractivity contribution in [1.82, 2.24) is 10.2 Å². The van der Waals surface area contributed by atoms with Crippen LogP contribution in [0.4, 0.5) is 0 Å². The Morgan fingerprint density at radius 3 is 1.80 bits per heavy atom. The van der Waals surface area contributed by atoms with Gasteiger partial charge in [0.1, 0.15) is 0 Å². The topological polar surface area (TPSA) is 24.5 Å². The summed E-state index contributed by atoms with van der Waals surface area (Å²) in [5.41, 5.74) is 0.455. The van der Waals surface area contributed by atoms with Crippen molar-refractivity contribution in [2.24, 2.45) is 0 Å². The average Bonchev–Trinajstić information content (AvgIpc) is 2.67. The molecule has 3 heteroatoms. The van der Waals surface area contributed by atoms with Crippen LogP contribution in [0.1, 0.15) is 131 Å². The van der Waals surface area contributed by atoms with Crippen molar-refractivity contribution >= 4 is 0 Å². The molecule has 0 radical (unpaired) electrons. The second-order valence-electron chi connectivity index (χ2n) is 11.6. The van der Waals surface area contributed by atoms with Crippen LogP contribution < -0.4 is 5.32 Å². The maximum Gasteiger partial charge on any atom is 0.0622 e. The van der Waals surface area contributed by atoms with E-state index in [9.17, 15) is 0 Å². The molecule has 30 heavy (non-hydrogen) atoms. The minimum Gasteiger partial charge on any atom is -0.378 e. The molecular weight excluding hydrogens is 368 g/mol. The van der Waals surface area contributed by atoms with Crippen LogP contribution in [0.5, 0.6) is 0 Å². The molecule has 178 valence electrons. The first-order valence-electron chi connectivity index (χ1n) is 13.5.